The number of halogens is 3. The van der Waals surface area contributed by atoms with Crippen molar-refractivity contribution in [3.63, 3.8) is 0 Å². The summed E-state index contributed by atoms with van der Waals surface area (Å²) in [5.74, 6) is -0.0251. The van der Waals surface area contributed by atoms with Crippen molar-refractivity contribution in [2.75, 3.05) is 0 Å². The summed E-state index contributed by atoms with van der Waals surface area (Å²) >= 11 is 0. The number of benzene rings is 1. The molecule has 1 aromatic carbocycles. The molecule has 0 saturated carbocycles. The van der Waals surface area contributed by atoms with Crippen molar-refractivity contribution >= 4 is 17.8 Å². The Balaban J connectivity index is 1.66. The Morgan fingerprint density at radius 1 is 1.28 bits per heavy atom. The van der Waals surface area contributed by atoms with E-state index in [0.29, 0.717) is 11.5 Å². The van der Waals surface area contributed by atoms with Crippen LogP contribution in [-0.2, 0) is 11.0 Å². The Morgan fingerprint density at radius 2 is 2.09 bits per heavy atom. The number of nitrogens with zero attached hydrogens (tertiary/aromatic N) is 4. The lowest BCUT2D eigenvalue weighted by Crippen LogP contribution is -2.16. The Kier molecular flexibility index (Phi) is 7.40. The Hall–Kier alpha value is -3.49. The summed E-state index contributed by atoms with van der Waals surface area (Å²) in [6.45, 7) is 3.65. The molecule has 1 aromatic heterocycles. The number of amides is 1. The molecule has 0 bridgehead atoms. The van der Waals surface area contributed by atoms with Crippen LogP contribution in [0.1, 0.15) is 37.3 Å². The molecular formula is C23H24F3N5O. The lowest BCUT2D eigenvalue weighted by atomic mass is 10.1. The first-order chi connectivity index (χ1) is 15.2. The highest BCUT2D eigenvalue weighted by molar-refractivity contribution is 5.97. The first-order valence-electron chi connectivity index (χ1n) is 10.2. The molecule has 1 atom stereocenters. The van der Waals surface area contributed by atoms with Gasteiger partial charge in [0, 0.05) is 17.8 Å². The van der Waals surface area contributed by atoms with Crippen LogP contribution in [0.5, 0.6) is 0 Å². The minimum absolute atomic E-state index is 0.128. The summed E-state index contributed by atoms with van der Waals surface area (Å²) in [5, 5.41) is 8.29. The molecule has 0 radical (unpaired) electrons. The zero-order valence-corrected chi connectivity index (χ0v) is 17.8. The van der Waals surface area contributed by atoms with Crippen molar-refractivity contribution in [1.29, 1.82) is 0 Å². The van der Waals surface area contributed by atoms with Gasteiger partial charge in [0.25, 0.3) is 5.91 Å². The van der Waals surface area contributed by atoms with Crippen LogP contribution in [0, 0.1) is 12.8 Å². The molecule has 1 N–H and O–H groups in total. The van der Waals surface area contributed by atoms with Crippen LogP contribution in [0.15, 0.2) is 60.0 Å². The smallest absolute Gasteiger partial charge is 0.268 e. The van der Waals surface area contributed by atoms with E-state index in [1.54, 1.807) is 13.0 Å². The van der Waals surface area contributed by atoms with E-state index in [9.17, 15) is 18.0 Å². The van der Waals surface area contributed by atoms with Crippen LogP contribution in [0.4, 0.5) is 13.2 Å². The number of carbonyl (C=O) groups is 1. The zero-order chi connectivity index (χ0) is 23.1. The number of allylic oxidation sites excluding steroid dienone is 4. The number of rotatable bonds is 4. The molecule has 3 rings (SSSR count). The SMILES string of the molecule is Cc1cc(-c2ncn(C=CC(=O)N/N=C3\C=CC(C)/C=C\CCC3)n2)cc(C(F)(F)F)c1. The maximum atomic E-state index is 13.0. The fraction of sp³-hybridized carbons (Fsp3) is 0.304. The molecule has 6 nitrogen and oxygen atoms in total. The summed E-state index contributed by atoms with van der Waals surface area (Å²) in [6, 6.07) is 3.64. The number of nitrogens with one attached hydrogen (secondary N) is 1. The van der Waals surface area contributed by atoms with E-state index in [0.717, 1.165) is 37.1 Å². The van der Waals surface area contributed by atoms with Crippen LogP contribution in [-0.4, -0.2) is 26.4 Å². The van der Waals surface area contributed by atoms with Gasteiger partial charge in [0.2, 0.25) is 0 Å². The van der Waals surface area contributed by atoms with E-state index in [1.807, 2.05) is 12.2 Å². The van der Waals surface area contributed by atoms with Gasteiger partial charge >= 0.3 is 6.18 Å². The van der Waals surface area contributed by atoms with E-state index in [4.69, 9.17) is 0 Å². The third kappa shape index (κ3) is 6.76. The molecule has 32 heavy (non-hydrogen) atoms. The average molecular weight is 443 g/mol. The third-order valence-electron chi connectivity index (χ3n) is 4.70. The second-order valence-corrected chi connectivity index (χ2v) is 7.57. The van der Waals surface area contributed by atoms with E-state index >= 15 is 0 Å². The molecule has 1 amide bonds. The quantitative estimate of drug-likeness (QED) is 0.404. The van der Waals surface area contributed by atoms with Gasteiger partial charge in [-0.2, -0.15) is 18.3 Å². The monoisotopic (exact) mass is 443 g/mol. The molecule has 1 heterocycles. The number of hydrogen-bond donors (Lipinski definition) is 1. The third-order valence-corrected chi connectivity index (χ3v) is 4.70. The molecule has 0 saturated heterocycles. The number of carbonyl (C=O) groups excluding carboxylic acids is 1. The highest BCUT2D eigenvalue weighted by atomic mass is 19.4. The standard InChI is InChI=1S/C23H24F3N5O/c1-16-6-4-3-5-7-20(9-8-16)28-29-21(32)10-11-31-15-27-22(30-31)18-12-17(2)13-19(14-18)23(24,25)26/h4,6,8-16H,3,5,7H2,1-2H3,(H,29,32)/b6-4-,9-8?,11-10?,28-20-. The number of aryl methyl sites for hydroxylation is 1. The van der Waals surface area contributed by atoms with Crippen molar-refractivity contribution < 1.29 is 18.0 Å². The van der Waals surface area contributed by atoms with E-state index in [1.165, 1.54) is 23.3 Å². The highest BCUT2D eigenvalue weighted by Gasteiger charge is 2.31. The van der Waals surface area contributed by atoms with Crippen molar-refractivity contribution in [3.8, 4) is 11.4 Å². The maximum absolute atomic E-state index is 13.0. The van der Waals surface area contributed by atoms with Crippen LogP contribution in [0.3, 0.4) is 0 Å². The van der Waals surface area contributed by atoms with Gasteiger partial charge in [-0.25, -0.2) is 15.1 Å². The number of alkyl halides is 3. The van der Waals surface area contributed by atoms with Crippen LogP contribution >= 0.6 is 0 Å². The second-order valence-electron chi connectivity index (χ2n) is 7.57. The predicted octanol–water partition coefficient (Wildman–Crippen LogP) is 5.15. The van der Waals surface area contributed by atoms with Gasteiger partial charge in [0.05, 0.1) is 11.3 Å². The van der Waals surface area contributed by atoms with E-state index in [2.05, 4.69) is 39.7 Å². The molecule has 0 spiro atoms. The second kappa shape index (κ2) is 10.2. The van der Waals surface area contributed by atoms with Gasteiger partial charge in [-0.05, 0) is 61.9 Å². The lowest BCUT2D eigenvalue weighted by molar-refractivity contribution is -0.137. The molecule has 1 aliphatic carbocycles. The Morgan fingerprint density at radius 3 is 2.88 bits per heavy atom. The van der Waals surface area contributed by atoms with E-state index in [-0.39, 0.29) is 11.4 Å². The summed E-state index contributed by atoms with van der Waals surface area (Å²) in [4.78, 5) is 16.1. The molecule has 168 valence electrons. The number of hydrogen-bond acceptors (Lipinski definition) is 4. The molecule has 9 heteroatoms. The Labute approximate surface area is 184 Å². The molecular weight excluding hydrogens is 419 g/mol. The normalized spacial score (nSPS) is 19.5. The van der Waals surface area contributed by atoms with Crippen molar-refractivity contribution in [2.45, 2.75) is 39.3 Å². The number of aromatic nitrogens is 3. The summed E-state index contributed by atoms with van der Waals surface area (Å²) in [6.07, 6.45) is 10.3. The predicted molar refractivity (Wildman–Crippen MR) is 117 cm³/mol. The fourth-order valence-corrected chi connectivity index (χ4v) is 3.08. The maximum Gasteiger partial charge on any atom is 0.416 e. The topological polar surface area (TPSA) is 72.2 Å². The highest BCUT2D eigenvalue weighted by Crippen LogP contribution is 2.32. The van der Waals surface area contributed by atoms with E-state index < -0.39 is 17.6 Å². The molecule has 1 aliphatic rings. The molecule has 0 fully saturated rings. The van der Waals surface area contributed by atoms with Crippen LogP contribution in [0.25, 0.3) is 17.6 Å². The first-order valence-corrected chi connectivity index (χ1v) is 10.2. The van der Waals surface area contributed by atoms with Gasteiger partial charge in [0.1, 0.15) is 6.33 Å². The lowest BCUT2D eigenvalue weighted by Gasteiger charge is -2.09. The zero-order valence-electron chi connectivity index (χ0n) is 17.8. The largest absolute Gasteiger partial charge is 0.416 e. The van der Waals surface area contributed by atoms with Crippen molar-refractivity contribution in [3.05, 3.63) is 66.0 Å². The van der Waals surface area contributed by atoms with Gasteiger partial charge in [0.15, 0.2) is 5.82 Å². The molecule has 2 aromatic rings. The molecule has 0 aliphatic heterocycles. The van der Waals surface area contributed by atoms with Gasteiger partial charge in [-0.15, -0.1) is 5.10 Å². The van der Waals surface area contributed by atoms with Crippen molar-refractivity contribution in [2.24, 2.45) is 11.0 Å². The minimum atomic E-state index is -4.46. The minimum Gasteiger partial charge on any atom is -0.268 e. The van der Waals surface area contributed by atoms with Crippen LogP contribution in [0.2, 0.25) is 0 Å². The van der Waals surface area contributed by atoms with Gasteiger partial charge in [-0.3, -0.25) is 4.79 Å². The first kappa shape index (κ1) is 23.2. The van der Waals surface area contributed by atoms with Crippen molar-refractivity contribution in [1.82, 2.24) is 20.2 Å². The fourth-order valence-electron chi connectivity index (χ4n) is 3.08. The van der Waals surface area contributed by atoms with Crippen LogP contribution < -0.4 is 5.43 Å². The summed E-state index contributed by atoms with van der Waals surface area (Å²) < 4.78 is 40.4. The molecule has 1 unspecified atom stereocenters. The summed E-state index contributed by atoms with van der Waals surface area (Å²) in [7, 11) is 0. The summed E-state index contributed by atoms with van der Waals surface area (Å²) in [5.41, 5.74) is 3.20. The Bertz CT molecular complexity index is 1080. The van der Waals surface area contributed by atoms with Gasteiger partial charge in [-0.1, -0.05) is 25.2 Å². The van der Waals surface area contributed by atoms with Gasteiger partial charge < -0.3 is 0 Å². The number of hydrazone groups is 1. The average Bonchev–Trinajstić information content (AvgIpc) is 3.23.